The zero-order chi connectivity index (χ0) is 14.7. The van der Waals surface area contributed by atoms with Crippen molar-refractivity contribution < 1.29 is 9.59 Å². The molecule has 1 aliphatic rings. The van der Waals surface area contributed by atoms with E-state index < -0.39 is 11.8 Å². The molecule has 0 bridgehead atoms. The summed E-state index contributed by atoms with van der Waals surface area (Å²) in [7, 11) is 2.01. The quantitative estimate of drug-likeness (QED) is 0.778. The summed E-state index contributed by atoms with van der Waals surface area (Å²) in [6.45, 7) is 6.76. The molecule has 1 N–H and O–H groups in total. The molecule has 0 saturated carbocycles. The number of anilines is 1. The van der Waals surface area contributed by atoms with Gasteiger partial charge in [0, 0.05) is 31.9 Å². The number of benzene rings is 1. The smallest absolute Gasteiger partial charge is 0.313 e. The van der Waals surface area contributed by atoms with Crippen molar-refractivity contribution in [3.63, 3.8) is 0 Å². The van der Waals surface area contributed by atoms with E-state index in [0.717, 1.165) is 24.2 Å². The molecular formula is C15H21N3O2. The van der Waals surface area contributed by atoms with Crippen molar-refractivity contribution in [1.29, 1.82) is 0 Å². The average molecular weight is 275 g/mol. The lowest BCUT2D eigenvalue weighted by Gasteiger charge is -2.31. The molecule has 0 radical (unpaired) electrons. The van der Waals surface area contributed by atoms with Crippen molar-refractivity contribution in [1.82, 2.24) is 9.80 Å². The Morgan fingerprint density at radius 2 is 1.55 bits per heavy atom. The number of nitrogens with zero attached hydrogens (tertiary/aromatic N) is 2. The number of amides is 2. The number of nitrogens with one attached hydrogen (secondary N) is 1. The summed E-state index contributed by atoms with van der Waals surface area (Å²) >= 11 is 0. The molecule has 2 amide bonds. The predicted molar refractivity (Wildman–Crippen MR) is 78.6 cm³/mol. The van der Waals surface area contributed by atoms with Gasteiger partial charge in [-0.2, -0.15) is 0 Å². The van der Waals surface area contributed by atoms with Gasteiger partial charge in [0.15, 0.2) is 0 Å². The maximum Gasteiger partial charge on any atom is 0.313 e. The first-order chi connectivity index (χ1) is 9.45. The largest absolute Gasteiger partial charge is 0.332 e. The van der Waals surface area contributed by atoms with Crippen molar-refractivity contribution in [2.24, 2.45) is 0 Å². The maximum atomic E-state index is 12.1. The first-order valence-corrected chi connectivity index (χ1v) is 6.83. The van der Waals surface area contributed by atoms with Gasteiger partial charge in [0.1, 0.15) is 0 Å². The Morgan fingerprint density at radius 1 is 1.00 bits per heavy atom. The Labute approximate surface area is 119 Å². The fourth-order valence-corrected chi connectivity index (χ4v) is 2.38. The number of hydrogen-bond donors (Lipinski definition) is 1. The topological polar surface area (TPSA) is 52.7 Å². The van der Waals surface area contributed by atoms with E-state index >= 15 is 0 Å². The van der Waals surface area contributed by atoms with Crippen molar-refractivity contribution in [3.8, 4) is 0 Å². The highest BCUT2D eigenvalue weighted by Crippen LogP contribution is 2.14. The first kappa shape index (κ1) is 14.5. The monoisotopic (exact) mass is 275 g/mol. The van der Waals surface area contributed by atoms with Crippen LogP contribution in [0.1, 0.15) is 11.1 Å². The zero-order valence-corrected chi connectivity index (χ0v) is 12.3. The molecule has 1 saturated heterocycles. The van der Waals surface area contributed by atoms with Crippen LogP contribution < -0.4 is 5.32 Å². The molecule has 1 fully saturated rings. The second kappa shape index (κ2) is 6.05. The van der Waals surface area contributed by atoms with Crippen LogP contribution in [0.5, 0.6) is 0 Å². The molecule has 5 nitrogen and oxygen atoms in total. The van der Waals surface area contributed by atoms with E-state index in [1.165, 1.54) is 0 Å². The first-order valence-electron chi connectivity index (χ1n) is 6.83. The Kier molecular flexibility index (Phi) is 4.39. The lowest BCUT2D eigenvalue weighted by atomic mass is 10.1. The van der Waals surface area contributed by atoms with Gasteiger partial charge in [-0.25, -0.2) is 0 Å². The van der Waals surface area contributed by atoms with Crippen LogP contribution in [0.15, 0.2) is 18.2 Å². The molecule has 0 aromatic heterocycles. The minimum atomic E-state index is -0.556. The molecule has 108 valence electrons. The van der Waals surface area contributed by atoms with Crippen LogP contribution >= 0.6 is 0 Å². The van der Waals surface area contributed by atoms with E-state index in [1.807, 2.05) is 39.1 Å². The van der Waals surface area contributed by atoms with Gasteiger partial charge in [-0.05, 0) is 44.2 Å². The minimum Gasteiger partial charge on any atom is -0.332 e. The Morgan fingerprint density at radius 3 is 2.10 bits per heavy atom. The zero-order valence-electron chi connectivity index (χ0n) is 12.3. The summed E-state index contributed by atoms with van der Waals surface area (Å²) in [4.78, 5) is 27.8. The second-order valence-corrected chi connectivity index (χ2v) is 5.43. The van der Waals surface area contributed by atoms with Crippen molar-refractivity contribution in [3.05, 3.63) is 29.3 Å². The van der Waals surface area contributed by atoms with Gasteiger partial charge in [-0.1, -0.05) is 6.07 Å². The molecule has 1 aliphatic heterocycles. The van der Waals surface area contributed by atoms with Gasteiger partial charge < -0.3 is 15.1 Å². The highest BCUT2D eigenvalue weighted by atomic mass is 16.2. The van der Waals surface area contributed by atoms with Gasteiger partial charge in [0.05, 0.1) is 0 Å². The van der Waals surface area contributed by atoms with E-state index in [-0.39, 0.29) is 0 Å². The number of rotatable bonds is 1. The molecule has 5 heteroatoms. The fourth-order valence-electron chi connectivity index (χ4n) is 2.38. The van der Waals surface area contributed by atoms with E-state index in [2.05, 4.69) is 10.2 Å². The molecule has 1 aromatic rings. The standard InChI is InChI=1S/C15H21N3O2/c1-11-8-12(2)10-13(9-11)16-14(19)15(20)18-6-4-17(3)5-7-18/h8-10H,4-7H2,1-3H3,(H,16,19). The minimum absolute atomic E-state index is 0.447. The third kappa shape index (κ3) is 3.57. The number of carbonyl (C=O) groups is 2. The summed E-state index contributed by atoms with van der Waals surface area (Å²) in [6, 6.07) is 5.75. The Hall–Kier alpha value is -1.88. The van der Waals surface area contributed by atoms with Gasteiger partial charge in [-0.3, -0.25) is 9.59 Å². The van der Waals surface area contributed by atoms with Gasteiger partial charge in [0.2, 0.25) is 0 Å². The third-order valence-electron chi connectivity index (χ3n) is 3.46. The van der Waals surface area contributed by atoms with E-state index in [9.17, 15) is 9.59 Å². The third-order valence-corrected chi connectivity index (χ3v) is 3.46. The molecule has 0 atom stereocenters. The number of carbonyl (C=O) groups excluding carboxylic acids is 2. The molecular weight excluding hydrogens is 254 g/mol. The summed E-state index contributed by atoms with van der Waals surface area (Å²) in [5.74, 6) is -1.00. The van der Waals surface area contributed by atoms with E-state index in [4.69, 9.17) is 0 Å². The van der Waals surface area contributed by atoms with Crippen LogP contribution in [-0.4, -0.2) is 54.8 Å². The second-order valence-electron chi connectivity index (χ2n) is 5.43. The highest BCUT2D eigenvalue weighted by Gasteiger charge is 2.24. The Balaban J connectivity index is 1.99. The van der Waals surface area contributed by atoms with E-state index in [0.29, 0.717) is 18.8 Å². The lowest BCUT2D eigenvalue weighted by Crippen LogP contribution is -2.50. The van der Waals surface area contributed by atoms with Crippen molar-refractivity contribution >= 4 is 17.5 Å². The van der Waals surface area contributed by atoms with Crippen LogP contribution in [0.4, 0.5) is 5.69 Å². The van der Waals surface area contributed by atoms with Crippen LogP contribution in [0.25, 0.3) is 0 Å². The summed E-state index contributed by atoms with van der Waals surface area (Å²) in [5.41, 5.74) is 2.80. The highest BCUT2D eigenvalue weighted by molar-refractivity contribution is 6.39. The summed E-state index contributed by atoms with van der Waals surface area (Å²) < 4.78 is 0. The van der Waals surface area contributed by atoms with Crippen molar-refractivity contribution in [2.45, 2.75) is 13.8 Å². The molecule has 0 spiro atoms. The molecule has 0 unspecified atom stereocenters. The number of hydrogen-bond acceptors (Lipinski definition) is 3. The van der Waals surface area contributed by atoms with Crippen LogP contribution in [0, 0.1) is 13.8 Å². The normalized spacial score (nSPS) is 16.1. The molecule has 20 heavy (non-hydrogen) atoms. The number of likely N-dealkylation sites (N-methyl/N-ethyl adjacent to an activating group) is 1. The van der Waals surface area contributed by atoms with Gasteiger partial charge in [0.25, 0.3) is 0 Å². The van der Waals surface area contributed by atoms with Crippen molar-refractivity contribution in [2.75, 3.05) is 38.5 Å². The summed E-state index contributed by atoms with van der Waals surface area (Å²) in [5, 5.41) is 2.69. The predicted octanol–water partition coefficient (Wildman–Crippen LogP) is 1.02. The van der Waals surface area contributed by atoms with E-state index in [1.54, 1.807) is 4.90 Å². The Bertz CT molecular complexity index is 500. The molecule has 0 aliphatic carbocycles. The number of piperazine rings is 1. The van der Waals surface area contributed by atoms with Gasteiger partial charge >= 0.3 is 11.8 Å². The summed E-state index contributed by atoms with van der Waals surface area (Å²) in [6.07, 6.45) is 0. The van der Waals surface area contributed by atoms with Gasteiger partial charge in [-0.15, -0.1) is 0 Å². The molecule has 1 heterocycles. The maximum absolute atomic E-state index is 12.1. The molecule has 2 rings (SSSR count). The fraction of sp³-hybridized carbons (Fsp3) is 0.467. The van der Waals surface area contributed by atoms with Crippen LogP contribution in [0.2, 0.25) is 0 Å². The van der Waals surface area contributed by atoms with Crippen LogP contribution in [-0.2, 0) is 9.59 Å². The lowest BCUT2D eigenvalue weighted by molar-refractivity contribution is -0.144. The average Bonchev–Trinajstić information content (AvgIpc) is 2.37. The number of aryl methyl sites for hydroxylation is 2. The SMILES string of the molecule is Cc1cc(C)cc(NC(=O)C(=O)N2CCN(C)CC2)c1. The van der Waals surface area contributed by atoms with Crippen LogP contribution in [0.3, 0.4) is 0 Å². The molecule has 1 aromatic carbocycles.